The van der Waals surface area contributed by atoms with E-state index >= 15 is 0 Å². The highest BCUT2D eigenvalue weighted by Gasteiger charge is 2.08. The molecule has 0 aliphatic rings. The van der Waals surface area contributed by atoms with E-state index < -0.39 is 0 Å². The van der Waals surface area contributed by atoms with Crippen molar-refractivity contribution < 1.29 is 0 Å². The summed E-state index contributed by atoms with van der Waals surface area (Å²) >= 11 is 0. The van der Waals surface area contributed by atoms with Crippen molar-refractivity contribution in [3.8, 4) is 6.07 Å². The lowest BCUT2D eigenvalue weighted by Gasteiger charge is -2.19. The molecule has 0 fully saturated rings. The van der Waals surface area contributed by atoms with Crippen molar-refractivity contribution in [2.75, 3.05) is 11.1 Å². The zero-order valence-electron chi connectivity index (χ0n) is 9.96. The van der Waals surface area contributed by atoms with E-state index in [4.69, 9.17) is 11.0 Å². The van der Waals surface area contributed by atoms with Gasteiger partial charge in [0.1, 0.15) is 6.07 Å². The number of hydrogen-bond donors (Lipinski definition) is 2. The molecule has 0 aliphatic heterocycles. The molecule has 0 amide bonds. The molecule has 1 rings (SSSR count). The Morgan fingerprint density at radius 2 is 2.19 bits per heavy atom. The van der Waals surface area contributed by atoms with Crippen molar-refractivity contribution >= 4 is 11.4 Å². The van der Waals surface area contributed by atoms with Crippen LogP contribution in [0.3, 0.4) is 0 Å². The van der Waals surface area contributed by atoms with E-state index in [0.29, 0.717) is 17.3 Å². The number of hydrogen-bond acceptors (Lipinski definition) is 3. The first-order chi connectivity index (χ1) is 7.72. The third kappa shape index (κ3) is 2.90. The van der Waals surface area contributed by atoms with Crippen LogP contribution in [-0.2, 0) is 0 Å². The van der Waals surface area contributed by atoms with Crippen LogP contribution in [0.4, 0.5) is 11.4 Å². The minimum absolute atomic E-state index is 0.432. The van der Waals surface area contributed by atoms with Crippen LogP contribution in [0, 0.1) is 11.3 Å². The smallest absolute Gasteiger partial charge is 0.101 e. The number of nitrogens with zero attached hydrogens (tertiary/aromatic N) is 1. The van der Waals surface area contributed by atoms with Gasteiger partial charge in [-0.2, -0.15) is 5.26 Å². The topological polar surface area (TPSA) is 61.8 Å². The molecule has 0 heterocycles. The van der Waals surface area contributed by atoms with E-state index in [-0.39, 0.29) is 0 Å². The summed E-state index contributed by atoms with van der Waals surface area (Å²) in [6.07, 6.45) is 3.32. The predicted octanol–water partition coefficient (Wildman–Crippen LogP) is 3.13. The van der Waals surface area contributed by atoms with E-state index in [2.05, 4.69) is 25.2 Å². The summed E-state index contributed by atoms with van der Waals surface area (Å²) in [4.78, 5) is 0. The lowest BCUT2D eigenvalue weighted by molar-refractivity contribution is 0.623. The first-order valence-corrected chi connectivity index (χ1v) is 5.78. The fraction of sp³-hybridized carbons (Fsp3) is 0.462. The summed E-state index contributed by atoms with van der Waals surface area (Å²) in [5, 5.41) is 12.3. The van der Waals surface area contributed by atoms with E-state index in [1.54, 1.807) is 6.07 Å². The van der Waals surface area contributed by atoms with E-state index in [0.717, 1.165) is 24.9 Å². The highest BCUT2D eigenvalue weighted by atomic mass is 14.9. The molecule has 3 N–H and O–H groups in total. The summed E-state index contributed by atoms with van der Waals surface area (Å²) < 4.78 is 0. The first kappa shape index (κ1) is 12.4. The second-order valence-electron chi connectivity index (χ2n) is 3.92. The van der Waals surface area contributed by atoms with Crippen molar-refractivity contribution in [2.45, 2.75) is 39.2 Å². The predicted molar refractivity (Wildman–Crippen MR) is 68.2 cm³/mol. The molecular formula is C13H19N3. The maximum absolute atomic E-state index is 8.88. The Hall–Kier alpha value is -1.69. The minimum atomic E-state index is 0.432. The summed E-state index contributed by atoms with van der Waals surface area (Å²) in [5.41, 5.74) is 7.88. The van der Waals surface area contributed by atoms with Gasteiger partial charge in [0, 0.05) is 6.04 Å². The lowest BCUT2D eigenvalue weighted by Crippen LogP contribution is -2.19. The van der Waals surface area contributed by atoms with Crippen LogP contribution in [0.5, 0.6) is 0 Å². The fourth-order valence-electron chi connectivity index (χ4n) is 1.74. The van der Waals surface area contributed by atoms with Gasteiger partial charge in [0.25, 0.3) is 0 Å². The average Bonchev–Trinajstić information content (AvgIpc) is 2.31. The van der Waals surface area contributed by atoms with Crippen LogP contribution in [-0.4, -0.2) is 6.04 Å². The third-order valence-corrected chi connectivity index (χ3v) is 2.72. The standard InChI is InChI=1S/C13H19N3/c1-3-6-11(4-2)16-12-8-5-7-10(9-14)13(12)15/h5,7-8,11,16H,3-4,6,15H2,1-2H3. The highest BCUT2D eigenvalue weighted by Crippen LogP contribution is 2.23. The van der Waals surface area contributed by atoms with Gasteiger partial charge in [-0.15, -0.1) is 0 Å². The Kier molecular flexibility index (Phi) is 4.65. The van der Waals surface area contributed by atoms with Crippen LogP contribution >= 0.6 is 0 Å². The molecule has 1 aromatic rings. The molecule has 0 aromatic heterocycles. The molecule has 1 atom stereocenters. The van der Waals surface area contributed by atoms with Gasteiger partial charge in [0.2, 0.25) is 0 Å². The van der Waals surface area contributed by atoms with Crippen LogP contribution in [0.1, 0.15) is 38.7 Å². The minimum Gasteiger partial charge on any atom is -0.396 e. The SMILES string of the molecule is CCCC(CC)Nc1cccc(C#N)c1N. The zero-order valence-corrected chi connectivity index (χ0v) is 9.96. The first-order valence-electron chi connectivity index (χ1n) is 5.78. The zero-order chi connectivity index (χ0) is 12.0. The van der Waals surface area contributed by atoms with Crippen molar-refractivity contribution in [2.24, 2.45) is 0 Å². The van der Waals surface area contributed by atoms with Crippen molar-refractivity contribution in [3.63, 3.8) is 0 Å². The number of nitrogen functional groups attached to an aromatic ring is 1. The largest absolute Gasteiger partial charge is 0.396 e. The van der Waals surface area contributed by atoms with Gasteiger partial charge in [0.05, 0.1) is 16.9 Å². The molecule has 1 aromatic carbocycles. The highest BCUT2D eigenvalue weighted by molar-refractivity contribution is 5.73. The summed E-state index contributed by atoms with van der Waals surface area (Å²) in [6, 6.07) is 8.05. The Labute approximate surface area is 97.3 Å². The van der Waals surface area contributed by atoms with Crippen LogP contribution in [0.15, 0.2) is 18.2 Å². The van der Waals surface area contributed by atoms with E-state index in [1.807, 2.05) is 12.1 Å². The third-order valence-electron chi connectivity index (χ3n) is 2.72. The second kappa shape index (κ2) is 6.02. The Bertz CT molecular complexity index is 379. The fourth-order valence-corrected chi connectivity index (χ4v) is 1.74. The van der Waals surface area contributed by atoms with Gasteiger partial charge in [-0.05, 0) is 25.0 Å². The number of rotatable bonds is 5. The number of nitrogens with two attached hydrogens (primary N) is 1. The number of nitriles is 1. The normalized spacial score (nSPS) is 11.8. The number of anilines is 2. The van der Waals surface area contributed by atoms with E-state index in [1.165, 1.54) is 0 Å². The van der Waals surface area contributed by atoms with E-state index in [9.17, 15) is 0 Å². The number of benzene rings is 1. The Balaban J connectivity index is 2.84. The molecule has 3 heteroatoms. The second-order valence-corrected chi connectivity index (χ2v) is 3.92. The molecule has 1 unspecified atom stereocenters. The molecule has 0 saturated heterocycles. The molecule has 0 radical (unpaired) electrons. The van der Waals surface area contributed by atoms with Crippen molar-refractivity contribution in [3.05, 3.63) is 23.8 Å². The van der Waals surface area contributed by atoms with Crippen LogP contribution in [0.2, 0.25) is 0 Å². The van der Waals surface area contributed by atoms with Crippen molar-refractivity contribution in [1.82, 2.24) is 0 Å². The summed E-state index contributed by atoms with van der Waals surface area (Å²) in [6.45, 7) is 4.32. The van der Waals surface area contributed by atoms with Gasteiger partial charge >= 0.3 is 0 Å². The maximum Gasteiger partial charge on any atom is 0.101 e. The monoisotopic (exact) mass is 217 g/mol. The number of para-hydroxylation sites is 1. The quantitative estimate of drug-likeness (QED) is 0.745. The van der Waals surface area contributed by atoms with Gasteiger partial charge in [-0.1, -0.05) is 26.3 Å². The number of nitrogens with one attached hydrogen (secondary N) is 1. The molecule has 0 aliphatic carbocycles. The van der Waals surface area contributed by atoms with Crippen LogP contribution in [0.25, 0.3) is 0 Å². The maximum atomic E-state index is 8.88. The molecule has 0 spiro atoms. The average molecular weight is 217 g/mol. The van der Waals surface area contributed by atoms with Gasteiger partial charge in [-0.3, -0.25) is 0 Å². The Morgan fingerprint density at radius 1 is 1.44 bits per heavy atom. The summed E-state index contributed by atoms with van der Waals surface area (Å²) in [7, 11) is 0. The molecule has 0 bridgehead atoms. The van der Waals surface area contributed by atoms with Crippen molar-refractivity contribution in [1.29, 1.82) is 5.26 Å². The molecular weight excluding hydrogens is 198 g/mol. The van der Waals surface area contributed by atoms with Crippen LogP contribution < -0.4 is 11.1 Å². The molecule has 0 saturated carbocycles. The molecule has 3 nitrogen and oxygen atoms in total. The Morgan fingerprint density at radius 3 is 2.75 bits per heavy atom. The van der Waals surface area contributed by atoms with Gasteiger partial charge in [-0.25, -0.2) is 0 Å². The lowest BCUT2D eigenvalue weighted by atomic mass is 10.1. The van der Waals surface area contributed by atoms with Gasteiger partial charge < -0.3 is 11.1 Å². The van der Waals surface area contributed by atoms with Gasteiger partial charge in [0.15, 0.2) is 0 Å². The molecule has 16 heavy (non-hydrogen) atoms. The molecule has 86 valence electrons. The summed E-state index contributed by atoms with van der Waals surface area (Å²) in [5.74, 6) is 0.